The Labute approximate surface area is 158 Å². The third-order valence-corrected chi connectivity index (χ3v) is 7.87. The molecular weight excluding hydrogens is 372 g/mol. The van der Waals surface area contributed by atoms with E-state index in [0.717, 1.165) is 4.90 Å². The molecule has 1 atom stereocenters. The molecular formula is C18H28N2O4S2. The van der Waals surface area contributed by atoms with Gasteiger partial charge in [0.15, 0.2) is 0 Å². The van der Waals surface area contributed by atoms with Gasteiger partial charge in [0, 0.05) is 39.6 Å². The standard InChI is InChI=1S/C18H28N2O4S2/c1-18(2,3)26(23,24)20-15-7-5-13(6-8-15)17(21)19-14-9-11-16(12-10-14)25(4)22/h9-13,15,20H,5-8H2,1-4H3,(H,19,21). The molecule has 1 fully saturated rings. The summed E-state index contributed by atoms with van der Waals surface area (Å²) in [6.07, 6.45) is 4.22. The summed E-state index contributed by atoms with van der Waals surface area (Å²) in [5.41, 5.74) is 0.680. The smallest absolute Gasteiger partial charge is 0.227 e. The Morgan fingerprint density at radius 2 is 1.62 bits per heavy atom. The molecule has 0 aromatic heterocycles. The van der Waals surface area contributed by atoms with Crippen molar-refractivity contribution in [2.75, 3.05) is 11.6 Å². The number of carbonyl (C=O) groups is 1. The molecule has 1 unspecified atom stereocenters. The Morgan fingerprint density at radius 3 is 2.08 bits per heavy atom. The highest BCUT2D eigenvalue weighted by molar-refractivity contribution is 7.90. The first kappa shape index (κ1) is 21.1. The van der Waals surface area contributed by atoms with E-state index < -0.39 is 25.6 Å². The Morgan fingerprint density at radius 1 is 1.08 bits per heavy atom. The molecule has 26 heavy (non-hydrogen) atoms. The van der Waals surface area contributed by atoms with Crippen LogP contribution in [0.4, 0.5) is 5.69 Å². The van der Waals surface area contributed by atoms with Gasteiger partial charge in [0.05, 0.1) is 4.75 Å². The summed E-state index contributed by atoms with van der Waals surface area (Å²) in [5, 5.41) is 2.89. The number of rotatable bonds is 5. The fourth-order valence-corrected chi connectivity index (χ4v) is 4.39. The van der Waals surface area contributed by atoms with Gasteiger partial charge in [0.2, 0.25) is 15.9 Å². The van der Waals surface area contributed by atoms with Crippen molar-refractivity contribution in [3.8, 4) is 0 Å². The van der Waals surface area contributed by atoms with E-state index in [0.29, 0.717) is 31.4 Å². The highest BCUT2D eigenvalue weighted by Gasteiger charge is 2.34. The fraction of sp³-hybridized carbons (Fsp3) is 0.611. The molecule has 1 aromatic carbocycles. The molecule has 2 rings (SSSR count). The van der Waals surface area contributed by atoms with Gasteiger partial charge in [-0.1, -0.05) is 0 Å². The number of nitrogens with one attached hydrogen (secondary N) is 2. The number of amides is 1. The maximum atomic E-state index is 12.4. The van der Waals surface area contributed by atoms with Crippen LogP contribution in [-0.4, -0.2) is 35.6 Å². The Hall–Kier alpha value is -1.25. The lowest BCUT2D eigenvalue weighted by atomic mass is 9.86. The van der Waals surface area contributed by atoms with E-state index in [-0.39, 0.29) is 17.9 Å². The normalized spacial score (nSPS) is 22.6. The van der Waals surface area contributed by atoms with Gasteiger partial charge < -0.3 is 5.32 Å². The maximum Gasteiger partial charge on any atom is 0.227 e. The zero-order valence-corrected chi connectivity index (χ0v) is 17.4. The van der Waals surface area contributed by atoms with Gasteiger partial charge in [-0.3, -0.25) is 9.00 Å². The second-order valence-corrected chi connectivity index (χ2v) is 11.6. The first-order valence-corrected chi connectivity index (χ1v) is 11.8. The van der Waals surface area contributed by atoms with Crippen molar-refractivity contribution in [1.82, 2.24) is 4.72 Å². The van der Waals surface area contributed by atoms with Crippen LogP contribution in [0, 0.1) is 5.92 Å². The van der Waals surface area contributed by atoms with Crippen molar-refractivity contribution in [3.63, 3.8) is 0 Å². The molecule has 0 heterocycles. The molecule has 0 bridgehead atoms. The van der Waals surface area contributed by atoms with E-state index in [2.05, 4.69) is 10.0 Å². The molecule has 1 aliphatic carbocycles. The van der Waals surface area contributed by atoms with Gasteiger partial charge in [-0.25, -0.2) is 13.1 Å². The van der Waals surface area contributed by atoms with Crippen molar-refractivity contribution in [1.29, 1.82) is 0 Å². The minimum absolute atomic E-state index is 0.0486. The summed E-state index contributed by atoms with van der Waals surface area (Å²) in [6.45, 7) is 5.02. The second kappa shape index (κ2) is 8.19. The average molecular weight is 401 g/mol. The lowest BCUT2D eigenvalue weighted by Crippen LogP contribution is -2.46. The van der Waals surface area contributed by atoms with Crippen LogP contribution in [0.25, 0.3) is 0 Å². The molecule has 2 N–H and O–H groups in total. The van der Waals surface area contributed by atoms with Crippen molar-refractivity contribution in [2.24, 2.45) is 5.92 Å². The van der Waals surface area contributed by atoms with Crippen LogP contribution in [0.1, 0.15) is 46.5 Å². The Balaban J connectivity index is 1.87. The molecule has 0 radical (unpaired) electrons. The van der Waals surface area contributed by atoms with Crippen molar-refractivity contribution in [3.05, 3.63) is 24.3 Å². The van der Waals surface area contributed by atoms with Gasteiger partial charge in [-0.15, -0.1) is 0 Å². The quantitative estimate of drug-likeness (QED) is 0.795. The van der Waals surface area contributed by atoms with Crippen LogP contribution in [0.15, 0.2) is 29.2 Å². The van der Waals surface area contributed by atoms with E-state index in [9.17, 15) is 17.4 Å². The molecule has 6 nitrogen and oxygen atoms in total. The lowest BCUT2D eigenvalue weighted by Gasteiger charge is -2.30. The predicted molar refractivity (Wildman–Crippen MR) is 105 cm³/mol. The van der Waals surface area contributed by atoms with E-state index >= 15 is 0 Å². The molecule has 0 aliphatic heterocycles. The maximum absolute atomic E-state index is 12.4. The molecule has 0 saturated heterocycles. The minimum Gasteiger partial charge on any atom is -0.326 e. The number of hydrogen-bond acceptors (Lipinski definition) is 4. The minimum atomic E-state index is -3.37. The number of sulfonamides is 1. The van der Waals surface area contributed by atoms with Crippen molar-refractivity contribution >= 4 is 32.4 Å². The van der Waals surface area contributed by atoms with Crippen molar-refractivity contribution in [2.45, 2.75) is 62.1 Å². The lowest BCUT2D eigenvalue weighted by molar-refractivity contribution is -0.120. The van der Waals surface area contributed by atoms with Crippen LogP contribution >= 0.6 is 0 Å². The molecule has 1 saturated carbocycles. The third-order valence-electron chi connectivity index (χ3n) is 4.68. The summed E-state index contributed by atoms with van der Waals surface area (Å²) >= 11 is 0. The summed E-state index contributed by atoms with van der Waals surface area (Å²) in [4.78, 5) is 13.1. The topological polar surface area (TPSA) is 92.3 Å². The molecule has 0 spiro atoms. The Bertz CT molecular complexity index is 759. The van der Waals surface area contributed by atoms with Gasteiger partial charge >= 0.3 is 0 Å². The first-order chi connectivity index (χ1) is 12.0. The number of hydrogen-bond donors (Lipinski definition) is 2. The number of benzene rings is 1. The summed E-state index contributed by atoms with van der Waals surface area (Å²) in [7, 11) is -4.41. The number of carbonyl (C=O) groups excluding carboxylic acids is 1. The molecule has 1 aromatic rings. The summed E-state index contributed by atoms with van der Waals surface area (Å²) in [5.74, 6) is -0.169. The third kappa shape index (κ3) is 5.37. The van der Waals surface area contributed by atoms with E-state index in [1.807, 2.05) is 0 Å². The van der Waals surface area contributed by atoms with Crippen LogP contribution in [0.5, 0.6) is 0 Å². The van der Waals surface area contributed by atoms with Gasteiger partial charge in [0.25, 0.3) is 0 Å². The largest absolute Gasteiger partial charge is 0.326 e. The van der Waals surface area contributed by atoms with Crippen molar-refractivity contribution < 1.29 is 17.4 Å². The zero-order valence-electron chi connectivity index (χ0n) is 15.7. The summed E-state index contributed by atoms with van der Waals surface area (Å²) in [6, 6.07) is 6.87. The molecule has 146 valence electrons. The molecule has 8 heteroatoms. The van der Waals surface area contributed by atoms with E-state index in [1.165, 1.54) is 0 Å². The van der Waals surface area contributed by atoms with Crippen LogP contribution in [-0.2, 0) is 25.6 Å². The second-order valence-electron chi connectivity index (χ2n) is 7.75. The van der Waals surface area contributed by atoms with Crippen LogP contribution in [0.3, 0.4) is 0 Å². The molecule has 1 aliphatic rings. The van der Waals surface area contributed by atoms with Gasteiger partial charge in [0.1, 0.15) is 0 Å². The summed E-state index contributed by atoms with van der Waals surface area (Å²) < 4.78 is 37.8. The Kier molecular flexibility index (Phi) is 6.63. The highest BCUT2D eigenvalue weighted by atomic mass is 32.2. The zero-order chi connectivity index (χ0) is 19.5. The van der Waals surface area contributed by atoms with Crippen LogP contribution in [0.2, 0.25) is 0 Å². The van der Waals surface area contributed by atoms with Gasteiger partial charge in [-0.2, -0.15) is 0 Å². The van der Waals surface area contributed by atoms with Crippen LogP contribution < -0.4 is 10.0 Å². The number of anilines is 1. The average Bonchev–Trinajstić information content (AvgIpc) is 2.54. The van der Waals surface area contributed by atoms with Gasteiger partial charge in [-0.05, 0) is 70.7 Å². The SMILES string of the molecule is CS(=O)c1ccc(NC(=O)C2CCC(NS(=O)(=O)C(C)(C)C)CC2)cc1. The predicted octanol–water partition coefficient (Wildman–Crippen LogP) is 2.64. The molecule has 1 amide bonds. The monoisotopic (exact) mass is 400 g/mol. The van der Waals surface area contributed by atoms with E-state index in [1.54, 1.807) is 51.3 Å². The highest BCUT2D eigenvalue weighted by Crippen LogP contribution is 2.27. The first-order valence-electron chi connectivity index (χ1n) is 8.76. The van der Waals surface area contributed by atoms with E-state index in [4.69, 9.17) is 0 Å². The fourth-order valence-electron chi connectivity index (χ4n) is 2.84.